The fourth-order valence-electron chi connectivity index (χ4n) is 3.76. The van der Waals surface area contributed by atoms with E-state index in [2.05, 4.69) is 5.32 Å². The summed E-state index contributed by atoms with van der Waals surface area (Å²) in [6.45, 7) is 2.55. The highest BCUT2D eigenvalue weighted by atomic mass is 35.5. The van der Waals surface area contributed by atoms with Crippen molar-refractivity contribution < 1.29 is 18.7 Å². The number of halogens is 2. The van der Waals surface area contributed by atoms with Crippen molar-refractivity contribution in [1.29, 1.82) is 0 Å². The number of carbonyl (C=O) groups is 2. The number of hydrogen-bond donors (Lipinski definition) is 2. The number of benzene rings is 1. The fraction of sp³-hybridized carbons (Fsp3) is 0.579. The molecule has 0 atom stereocenters. The van der Waals surface area contributed by atoms with Gasteiger partial charge in [-0.1, -0.05) is 6.07 Å². The zero-order valence-corrected chi connectivity index (χ0v) is 16.1. The molecule has 0 radical (unpaired) electrons. The molecule has 3 N–H and O–H groups in total. The van der Waals surface area contributed by atoms with Crippen LogP contribution in [0.4, 0.5) is 10.1 Å². The molecule has 2 saturated heterocycles. The number of ether oxygens (including phenoxy) is 1. The maximum absolute atomic E-state index is 13.2. The molecule has 0 spiro atoms. The highest BCUT2D eigenvalue weighted by Gasteiger charge is 2.42. The largest absolute Gasteiger partial charge is 0.381 e. The summed E-state index contributed by atoms with van der Waals surface area (Å²) in [5.74, 6) is -0.591. The van der Waals surface area contributed by atoms with Gasteiger partial charge in [0, 0.05) is 44.5 Å². The maximum Gasteiger partial charge on any atom is 0.230 e. The molecule has 2 aliphatic rings. The van der Waals surface area contributed by atoms with E-state index in [1.165, 1.54) is 12.1 Å². The average molecular weight is 400 g/mol. The molecule has 1 aromatic carbocycles. The number of anilines is 1. The Bertz CT molecular complexity index is 659. The van der Waals surface area contributed by atoms with E-state index < -0.39 is 5.41 Å². The van der Waals surface area contributed by atoms with Crippen molar-refractivity contribution in [1.82, 2.24) is 4.90 Å². The summed E-state index contributed by atoms with van der Waals surface area (Å²) >= 11 is 0. The standard InChI is InChI=1S/C19H26FN3O3.ClH/c20-15-2-1-3-16(12-15)22-17(24)14-4-8-23(9-5-14)18(25)19(13-21)6-10-26-11-7-19;/h1-3,12,14H,4-11,13,21H2,(H,22,24);1H. The van der Waals surface area contributed by atoms with E-state index in [1.54, 1.807) is 12.1 Å². The van der Waals surface area contributed by atoms with Crippen LogP contribution in [0.25, 0.3) is 0 Å². The number of hydrogen-bond acceptors (Lipinski definition) is 4. The number of likely N-dealkylation sites (tertiary alicyclic amines) is 1. The molecular weight excluding hydrogens is 373 g/mol. The van der Waals surface area contributed by atoms with Crippen LogP contribution < -0.4 is 11.1 Å². The third-order valence-corrected chi connectivity index (χ3v) is 5.54. The lowest BCUT2D eigenvalue weighted by atomic mass is 9.78. The van der Waals surface area contributed by atoms with E-state index in [0.29, 0.717) is 64.2 Å². The molecule has 2 aliphatic heterocycles. The first-order chi connectivity index (χ1) is 12.5. The van der Waals surface area contributed by atoms with Crippen molar-refractivity contribution in [2.45, 2.75) is 25.7 Å². The van der Waals surface area contributed by atoms with Crippen molar-refractivity contribution >= 4 is 29.9 Å². The molecule has 8 heteroatoms. The Labute approximate surface area is 165 Å². The number of nitrogens with one attached hydrogen (secondary N) is 1. The molecule has 1 aromatic rings. The number of amides is 2. The quantitative estimate of drug-likeness (QED) is 0.812. The molecule has 0 unspecified atom stereocenters. The van der Waals surface area contributed by atoms with Crippen molar-refractivity contribution in [3.8, 4) is 0 Å². The van der Waals surface area contributed by atoms with E-state index in [0.717, 1.165) is 0 Å². The predicted octanol–water partition coefficient (Wildman–Crippen LogP) is 2.18. The lowest BCUT2D eigenvalue weighted by molar-refractivity contribution is -0.149. The Morgan fingerprint density at radius 1 is 1.26 bits per heavy atom. The number of rotatable bonds is 4. The van der Waals surface area contributed by atoms with E-state index in [9.17, 15) is 14.0 Å². The lowest BCUT2D eigenvalue weighted by Crippen LogP contribution is -2.53. The molecule has 6 nitrogen and oxygen atoms in total. The topological polar surface area (TPSA) is 84.7 Å². The fourth-order valence-corrected chi connectivity index (χ4v) is 3.76. The number of piperidine rings is 1. The summed E-state index contributed by atoms with van der Waals surface area (Å²) in [5.41, 5.74) is 5.86. The molecule has 0 saturated carbocycles. The Hall–Kier alpha value is -1.70. The molecular formula is C19H27ClFN3O3. The van der Waals surface area contributed by atoms with Gasteiger partial charge in [0.1, 0.15) is 5.82 Å². The van der Waals surface area contributed by atoms with Gasteiger partial charge in [0.2, 0.25) is 11.8 Å². The minimum absolute atomic E-state index is 0. The van der Waals surface area contributed by atoms with Crippen LogP contribution in [-0.2, 0) is 14.3 Å². The molecule has 27 heavy (non-hydrogen) atoms. The first-order valence-electron chi connectivity index (χ1n) is 9.18. The van der Waals surface area contributed by atoms with Gasteiger partial charge in [-0.25, -0.2) is 4.39 Å². The first kappa shape index (κ1) is 21.6. The molecule has 2 fully saturated rings. The minimum atomic E-state index is -0.519. The van der Waals surface area contributed by atoms with E-state index >= 15 is 0 Å². The maximum atomic E-state index is 13.2. The second-order valence-electron chi connectivity index (χ2n) is 7.16. The third kappa shape index (κ3) is 4.97. The zero-order chi connectivity index (χ0) is 18.6. The summed E-state index contributed by atoms with van der Waals surface area (Å²) in [6.07, 6.45) is 2.51. The summed E-state index contributed by atoms with van der Waals surface area (Å²) in [4.78, 5) is 27.2. The zero-order valence-electron chi connectivity index (χ0n) is 15.3. The van der Waals surface area contributed by atoms with Crippen LogP contribution in [0.1, 0.15) is 25.7 Å². The van der Waals surface area contributed by atoms with Crippen molar-refractivity contribution in [2.24, 2.45) is 17.1 Å². The Kier molecular flexibility index (Phi) is 7.59. The molecule has 150 valence electrons. The van der Waals surface area contributed by atoms with Crippen LogP contribution in [0.5, 0.6) is 0 Å². The van der Waals surface area contributed by atoms with Gasteiger partial charge in [-0.05, 0) is 43.9 Å². The highest BCUT2D eigenvalue weighted by Crippen LogP contribution is 2.33. The monoisotopic (exact) mass is 399 g/mol. The SMILES string of the molecule is Cl.NCC1(C(=O)N2CCC(C(=O)Nc3cccc(F)c3)CC2)CCOCC1. The third-order valence-electron chi connectivity index (χ3n) is 5.54. The summed E-state index contributed by atoms with van der Waals surface area (Å²) in [7, 11) is 0. The van der Waals surface area contributed by atoms with E-state index in [1.807, 2.05) is 4.90 Å². The molecule has 0 aliphatic carbocycles. The van der Waals surface area contributed by atoms with Gasteiger partial charge in [-0.2, -0.15) is 0 Å². The highest BCUT2D eigenvalue weighted by molar-refractivity contribution is 5.92. The molecule has 2 heterocycles. The van der Waals surface area contributed by atoms with Crippen LogP contribution in [-0.4, -0.2) is 49.6 Å². The van der Waals surface area contributed by atoms with Crippen molar-refractivity contribution in [2.75, 3.05) is 38.2 Å². The molecule has 0 bridgehead atoms. The van der Waals surface area contributed by atoms with Gasteiger partial charge in [0.05, 0.1) is 5.41 Å². The van der Waals surface area contributed by atoms with Gasteiger partial charge >= 0.3 is 0 Å². The molecule has 2 amide bonds. The molecule has 0 aromatic heterocycles. The van der Waals surface area contributed by atoms with Crippen LogP contribution in [0.2, 0.25) is 0 Å². The predicted molar refractivity (Wildman–Crippen MR) is 103 cm³/mol. The summed E-state index contributed by atoms with van der Waals surface area (Å²) < 4.78 is 18.6. The van der Waals surface area contributed by atoms with Crippen LogP contribution >= 0.6 is 12.4 Å². The van der Waals surface area contributed by atoms with E-state index in [-0.39, 0.29) is 36.0 Å². The summed E-state index contributed by atoms with van der Waals surface area (Å²) in [6, 6.07) is 5.86. The van der Waals surface area contributed by atoms with Crippen LogP contribution in [0.15, 0.2) is 24.3 Å². The van der Waals surface area contributed by atoms with Crippen molar-refractivity contribution in [3.63, 3.8) is 0 Å². The second-order valence-corrected chi connectivity index (χ2v) is 7.16. The number of nitrogens with two attached hydrogens (primary N) is 1. The Morgan fingerprint density at radius 3 is 2.52 bits per heavy atom. The van der Waals surface area contributed by atoms with Gasteiger partial charge in [0.15, 0.2) is 0 Å². The lowest BCUT2D eigenvalue weighted by Gasteiger charge is -2.41. The van der Waals surface area contributed by atoms with Crippen molar-refractivity contribution in [3.05, 3.63) is 30.1 Å². The summed E-state index contributed by atoms with van der Waals surface area (Å²) in [5, 5.41) is 2.76. The van der Waals surface area contributed by atoms with Gasteiger partial charge in [-0.3, -0.25) is 9.59 Å². The molecule has 3 rings (SSSR count). The Morgan fingerprint density at radius 2 is 1.93 bits per heavy atom. The van der Waals surface area contributed by atoms with E-state index in [4.69, 9.17) is 10.5 Å². The average Bonchev–Trinajstić information content (AvgIpc) is 2.68. The number of nitrogens with zero attached hydrogens (tertiary/aromatic N) is 1. The second kappa shape index (κ2) is 9.48. The minimum Gasteiger partial charge on any atom is -0.381 e. The van der Waals surface area contributed by atoms with Crippen LogP contribution in [0, 0.1) is 17.2 Å². The number of carbonyl (C=O) groups excluding carboxylic acids is 2. The van der Waals surface area contributed by atoms with Gasteiger partial charge in [-0.15, -0.1) is 12.4 Å². The smallest absolute Gasteiger partial charge is 0.230 e. The van der Waals surface area contributed by atoms with Gasteiger partial charge < -0.3 is 20.7 Å². The van der Waals surface area contributed by atoms with Gasteiger partial charge in [0.25, 0.3) is 0 Å². The first-order valence-corrected chi connectivity index (χ1v) is 9.18. The normalized spacial score (nSPS) is 19.9. The van der Waals surface area contributed by atoms with Crippen LogP contribution in [0.3, 0.4) is 0 Å². The Balaban J connectivity index is 0.00000261.